The van der Waals surface area contributed by atoms with Gasteiger partial charge in [-0.3, -0.25) is 9.59 Å². The third-order valence-corrected chi connectivity index (χ3v) is 11.4. The quantitative estimate of drug-likeness (QED) is 0.135. The van der Waals surface area contributed by atoms with Crippen LogP contribution >= 0.6 is 0 Å². The number of alkyl carbamates (subject to hydrolysis) is 1. The Morgan fingerprint density at radius 1 is 0.923 bits per heavy atom. The molecule has 1 heterocycles. The third-order valence-electron chi connectivity index (χ3n) is 9.57. The first kappa shape index (κ1) is 38.5. The number of Topliss-reactive ketones (excluding diaryl/α,β-unsaturated/α-hetero) is 1. The van der Waals surface area contributed by atoms with Gasteiger partial charge < -0.3 is 25.3 Å². The van der Waals surface area contributed by atoms with Crippen molar-refractivity contribution in [1.82, 2.24) is 19.6 Å². The minimum atomic E-state index is -3.62. The topological polar surface area (TPSA) is 171 Å². The number of aromatic amines is 2. The fourth-order valence-electron chi connectivity index (χ4n) is 6.64. The largest absolute Gasteiger partial charge is 0.444 e. The highest BCUT2D eigenvalue weighted by Gasteiger charge is 2.31. The van der Waals surface area contributed by atoms with Crippen molar-refractivity contribution >= 4 is 44.5 Å². The lowest BCUT2D eigenvalue weighted by Crippen LogP contribution is -2.37. The maximum Gasteiger partial charge on any atom is 0.407 e. The predicted molar refractivity (Wildman–Crippen MR) is 202 cm³/mol. The average molecular weight is 732 g/mol. The van der Waals surface area contributed by atoms with Crippen molar-refractivity contribution in [1.29, 1.82) is 0 Å². The Morgan fingerprint density at radius 2 is 1.60 bits per heavy atom. The Morgan fingerprint density at radius 3 is 2.25 bits per heavy atom. The molecule has 13 heteroatoms. The molecule has 0 unspecified atom stereocenters. The van der Waals surface area contributed by atoms with Crippen molar-refractivity contribution in [2.24, 2.45) is 17.8 Å². The second kappa shape index (κ2) is 15.9. The number of nitrogens with one attached hydrogen (secondary N) is 4. The number of anilines is 1. The summed E-state index contributed by atoms with van der Waals surface area (Å²) in [5.41, 5.74) is 4.15. The summed E-state index contributed by atoms with van der Waals surface area (Å²) in [5.74, 6) is -0.861. The molecule has 12 nitrogen and oxygen atoms in total. The van der Waals surface area contributed by atoms with E-state index in [2.05, 4.69) is 20.6 Å². The highest BCUT2D eigenvalue weighted by Crippen LogP contribution is 2.32. The molecular weight excluding hydrogens is 683 g/mol. The first-order valence-electron chi connectivity index (χ1n) is 17.6. The van der Waals surface area contributed by atoms with E-state index in [1.807, 2.05) is 52.0 Å². The Hall–Kier alpha value is -4.75. The summed E-state index contributed by atoms with van der Waals surface area (Å²) in [5, 5.41) is 5.80. The first-order chi connectivity index (χ1) is 24.5. The van der Waals surface area contributed by atoms with Gasteiger partial charge >= 0.3 is 11.8 Å². The van der Waals surface area contributed by atoms with Crippen LogP contribution in [0.3, 0.4) is 0 Å². The molecule has 52 heavy (non-hydrogen) atoms. The molecule has 0 saturated heterocycles. The van der Waals surface area contributed by atoms with Crippen molar-refractivity contribution in [2.45, 2.75) is 76.7 Å². The number of hydrogen-bond donors (Lipinski definition) is 4. The van der Waals surface area contributed by atoms with E-state index in [9.17, 15) is 27.6 Å². The highest BCUT2D eigenvalue weighted by molar-refractivity contribution is 7.89. The number of rotatable bonds is 12. The standard InChI is InChI=1S/C39H49N5O7S/c1-24-7-17-31(52(49,50)44(5)6)22-32(24)27-12-8-25(9-13-27)19-29(36(46)41-30-16-18-33-34(21-30)43-37(47)42-33)20-35(45)28-14-10-26(11-15-28)23-40-38(48)51-39(2,3)4/h7-9,12-13,16-18,21-22,26,28-29H,10-11,14-15,19-20,23H2,1-6H3,(H,40,48)(H,41,46)(H2,42,43,47)/t26?,28?,29-/m1/s1. The molecule has 1 aliphatic carbocycles. The van der Waals surface area contributed by atoms with Crippen molar-refractivity contribution in [3.8, 4) is 11.1 Å². The van der Waals surface area contributed by atoms with Crippen LogP contribution in [0.2, 0.25) is 0 Å². The van der Waals surface area contributed by atoms with Gasteiger partial charge in [0.05, 0.1) is 15.9 Å². The van der Waals surface area contributed by atoms with Crippen LogP contribution in [0.4, 0.5) is 10.5 Å². The van der Waals surface area contributed by atoms with Gasteiger partial charge in [0.2, 0.25) is 15.9 Å². The molecule has 1 saturated carbocycles. The average Bonchev–Trinajstić information content (AvgIpc) is 3.46. The molecule has 4 aromatic rings. The molecule has 1 aromatic heterocycles. The number of benzene rings is 3. The number of sulfonamides is 1. The minimum Gasteiger partial charge on any atom is -0.444 e. The lowest BCUT2D eigenvalue weighted by Gasteiger charge is -2.29. The number of aromatic nitrogens is 2. The van der Waals surface area contributed by atoms with Crippen LogP contribution in [-0.2, 0) is 30.8 Å². The molecule has 3 aromatic carbocycles. The van der Waals surface area contributed by atoms with Crippen LogP contribution < -0.4 is 16.3 Å². The number of imidazole rings is 1. The lowest BCUT2D eigenvalue weighted by molar-refractivity contribution is -0.129. The summed E-state index contributed by atoms with van der Waals surface area (Å²) in [6.07, 6.45) is 2.86. The van der Waals surface area contributed by atoms with Gasteiger partial charge in [-0.15, -0.1) is 0 Å². The van der Waals surface area contributed by atoms with Crippen LogP contribution in [0.5, 0.6) is 0 Å². The molecular formula is C39H49N5O7S. The zero-order valence-corrected chi connectivity index (χ0v) is 31.5. The predicted octanol–water partition coefficient (Wildman–Crippen LogP) is 6.17. The van der Waals surface area contributed by atoms with E-state index in [0.717, 1.165) is 35.1 Å². The number of ketones is 1. The Labute approximate surface area is 304 Å². The van der Waals surface area contributed by atoms with E-state index < -0.39 is 27.6 Å². The fraction of sp³-hybridized carbons (Fsp3) is 0.436. The van der Waals surface area contributed by atoms with Crippen LogP contribution in [0.25, 0.3) is 22.2 Å². The number of carbonyl (C=O) groups is 3. The summed E-state index contributed by atoms with van der Waals surface area (Å²) >= 11 is 0. The van der Waals surface area contributed by atoms with Crippen LogP contribution in [0.15, 0.2) is 70.4 Å². The van der Waals surface area contributed by atoms with Gasteiger partial charge in [0, 0.05) is 44.6 Å². The molecule has 0 aliphatic heterocycles. The number of nitrogens with zero attached hydrogens (tertiary/aromatic N) is 1. The van der Waals surface area contributed by atoms with Crippen molar-refractivity contribution < 1.29 is 27.5 Å². The van der Waals surface area contributed by atoms with Crippen molar-refractivity contribution in [2.75, 3.05) is 26.0 Å². The molecule has 2 amide bonds. The summed E-state index contributed by atoms with van der Waals surface area (Å²) in [6.45, 7) is 7.86. The number of hydrogen-bond acceptors (Lipinski definition) is 7. The second-order valence-electron chi connectivity index (χ2n) is 15.0. The number of fused-ring (bicyclic) bond motifs is 1. The Kier molecular flexibility index (Phi) is 11.7. The maximum absolute atomic E-state index is 13.8. The zero-order valence-electron chi connectivity index (χ0n) is 30.7. The van der Waals surface area contributed by atoms with Gasteiger partial charge in [0.15, 0.2) is 0 Å². The van der Waals surface area contributed by atoms with E-state index in [1.165, 1.54) is 18.4 Å². The fourth-order valence-corrected chi connectivity index (χ4v) is 7.57. The van der Waals surface area contributed by atoms with Gasteiger partial charge in [0.1, 0.15) is 11.4 Å². The number of H-pyrrole nitrogens is 2. The SMILES string of the molecule is Cc1ccc(S(=O)(=O)N(C)C)cc1-c1ccc(C[C@H](CC(=O)C2CCC(CNC(=O)OC(C)(C)C)CC2)C(=O)Nc2ccc3[nH]c(=O)[nH]c3c2)cc1. The maximum atomic E-state index is 13.8. The molecule has 4 N–H and O–H groups in total. The number of carbonyl (C=O) groups excluding carboxylic acids is 3. The molecule has 1 atom stereocenters. The normalized spacial score (nSPS) is 17.1. The number of ether oxygens (including phenoxy) is 1. The second-order valence-corrected chi connectivity index (χ2v) is 17.1. The number of aryl methyl sites for hydroxylation is 1. The van der Waals surface area contributed by atoms with E-state index >= 15 is 0 Å². The van der Waals surface area contributed by atoms with Gasteiger partial charge in [0.25, 0.3) is 0 Å². The molecule has 1 fully saturated rings. The number of amides is 2. The smallest absolute Gasteiger partial charge is 0.407 e. The van der Waals surface area contributed by atoms with Gasteiger partial charge in [-0.05, 0) is 118 Å². The highest BCUT2D eigenvalue weighted by atomic mass is 32.2. The van der Waals surface area contributed by atoms with E-state index in [4.69, 9.17) is 4.74 Å². The van der Waals surface area contributed by atoms with Crippen LogP contribution in [-0.4, -0.2) is 66.7 Å². The summed E-state index contributed by atoms with van der Waals surface area (Å²) in [4.78, 5) is 57.1. The van der Waals surface area contributed by atoms with Gasteiger partial charge in [-0.25, -0.2) is 22.3 Å². The van der Waals surface area contributed by atoms with E-state index in [-0.39, 0.29) is 40.5 Å². The molecule has 278 valence electrons. The van der Waals surface area contributed by atoms with Crippen molar-refractivity contribution in [3.05, 3.63) is 82.3 Å². The lowest BCUT2D eigenvalue weighted by atomic mass is 9.77. The zero-order chi connectivity index (χ0) is 37.8. The van der Waals surface area contributed by atoms with Crippen molar-refractivity contribution in [3.63, 3.8) is 0 Å². The van der Waals surface area contributed by atoms with Gasteiger partial charge in [-0.2, -0.15) is 0 Å². The first-order valence-corrected chi connectivity index (χ1v) is 19.1. The minimum absolute atomic E-state index is 0.0373. The Balaban J connectivity index is 1.30. The Bertz CT molecular complexity index is 2090. The molecule has 5 rings (SSSR count). The summed E-state index contributed by atoms with van der Waals surface area (Å²) in [7, 11) is -0.620. The van der Waals surface area contributed by atoms with E-state index in [0.29, 0.717) is 42.5 Å². The summed E-state index contributed by atoms with van der Waals surface area (Å²) < 4.78 is 32.1. The summed E-state index contributed by atoms with van der Waals surface area (Å²) in [6, 6.07) is 17.8. The van der Waals surface area contributed by atoms with E-state index in [1.54, 1.807) is 36.4 Å². The van der Waals surface area contributed by atoms with Gasteiger partial charge in [-0.1, -0.05) is 30.3 Å². The molecule has 0 spiro atoms. The molecule has 0 radical (unpaired) electrons. The van der Waals surface area contributed by atoms with Crippen LogP contribution in [0, 0.1) is 24.7 Å². The molecule has 0 bridgehead atoms. The van der Waals surface area contributed by atoms with Crippen LogP contribution in [0.1, 0.15) is 64.0 Å². The monoisotopic (exact) mass is 731 g/mol. The third kappa shape index (κ3) is 9.77. The molecule has 1 aliphatic rings.